The molecule has 7 rings (SSSR count). The zero-order valence-corrected chi connectivity index (χ0v) is 24.4. The Labute approximate surface area is 249 Å². The second-order valence-corrected chi connectivity index (χ2v) is 11.8. The minimum atomic E-state index is -1.02. The van der Waals surface area contributed by atoms with Crippen LogP contribution in [-0.2, 0) is 4.74 Å². The van der Waals surface area contributed by atoms with Crippen LogP contribution in [0.2, 0.25) is 0 Å². The number of fused-ring (bicyclic) bond motifs is 2. The van der Waals surface area contributed by atoms with Crippen LogP contribution in [0.1, 0.15) is 68.4 Å². The molecule has 220 valence electrons. The van der Waals surface area contributed by atoms with Crippen LogP contribution in [0, 0.1) is 12.8 Å². The molecule has 2 fully saturated rings. The fraction of sp³-hybridized carbons (Fsp3) is 0.353. The summed E-state index contributed by atoms with van der Waals surface area (Å²) >= 11 is 0. The second-order valence-electron chi connectivity index (χ2n) is 11.8. The van der Waals surface area contributed by atoms with E-state index in [9.17, 15) is 14.4 Å². The van der Waals surface area contributed by atoms with Gasteiger partial charge in [0.05, 0.1) is 30.9 Å². The number of rotatable bonds is 6. The first-order valence-electron chi connectivity index (χ1n) is 14.7. The van der Waals surface area contributed by atoms with Crippen molar-refractivity contribution >= 4 is 28.4 Å². The molecule has 1 N–H and O–H groups in total. The highest BCUT2D eigenvalue weighted by atomic mass is 16.5. The van der Waals surface area contributed by atoms with Crippen LogP contribution in [-0.4, -0.2) is 60.0 Å². The van der Waals surface area contributed by atoms with E-state index in [1.807, 2.05) is 12.1 Å². The molecule has 0 amide bonds. The predicted molar refractivity (Wildman–Crippen MR) is 160 cm³/mol. The quantitative estimate of drug-likeness (QED) is 0.185. The van der Waals surface area contributed by atoms with Crippen LogP contribution >= 0.6 is 0 Å². The van der Waals surface area contributed by atoms with Gasteiger partial charge in [0, 0.05) is 54.0 Å². The topological polar surface area (TPSA) is 109 Å². The van der Waals surface area contributed by atoms with Crippen molar-refractivity contribution in [1.82, 2.24) is 14.9 Å². The Balaban J connectivity index is 1.33. The SMILES string of the molecule is COC(=O)c1cncc(-c2ccc3c(c2)C(=O)[C@@H](C(=O)c2cc(OC)c4c(C)cn(C5CC5)c4c2)C2(CCNCC2)O3)c1. The van der Waals surface area contributed by atoms with E-state index in [-0.39, 0.29) is 11.6 Å². The van der Waals surface area contributed by atoms with Crippen LogP contribution in [0.25, 0.3) is 22.0 Å². The molecule has 0 unspecified atom stereocenters. The van der Waals surface area contributed by atoms with Gasteiger partial charge >= 0.3 is 5.97 Å². The molecule has 3 aliphatic rings. The Morgan fingerprint density at radius 1 is 1.02 bits per heavy atom. The van der Waals surface area contributed by atoms with Gasteiger partial charge in [-0.25, -0.2) is 4.79 Å². The van der Waals surface area contributed by atoms with E-state index < -0.39 is 17.5 Å². The maximum atomic E-state index is 14.6. The van der Waals surface area contributed by atoms with Crippen molar-refractivity contribution in [3.63, 3.8) is 0 Å². The number of nitrogens with one attached hydrogen (secondary N) is 1. The molecule has 0 radical (unpaired) electrons. The molecule has 4 aromatic rings. The van der Waals surface area contributed by atoms with Gasteiger partial charge in [-0.2, -0.15) is 0 Å². The Morgan fingerprint density at radius 2 is 1.81 bits per heavy atom. The van der Waals surface area contributed by atoms with Crippen molar-refractivity contribution in [2.24, 2.45) is 5.92 Å². The number of Topliss-reactive ketones (excluding diaryl/α,β-unsaturated/α-hetero) is 2. The van der Waals surface area contributed by atoms with Gasteiger partial charge in [0.1, 0.15) is 23.0 Å². The molecule has 2 aliphatic heterocycles. The third-order valence-electron chi connectivity index (χ3n) is 9.08. The van der Waals surface area contributed by atoms with E-state index in [1.54, 1.807) is 37.6 Å². The maximum Gasteiger partial charge on any atom is 0.339 e. The fourth-order valence-electron chi connectivity index (χ4n) is 6.76. The van der Waals surface area contributed by atoms with Crippen LogP contribution in [0.5, 0.6) is 11.5 Å². The molecule has 4 heterocycles. The monoisotopic (exact) mass is 579 g/mol. The zero-order chi connectivity index (χ0) is 29.9. The number of aromatic nitrogens is 2. The van der Waals surface area contributed by atoms with Crippen LogP contribution < -0.4 is 14.8 Å². The number of carbonyl (C=O) groups excluding carboxylic acids is 3. The first-order chi connectivity index (χ1) is 20.8. The fourth-order valence-corrected chi connectivity index (χ4v) is 6.76. The van der Waals surface area contributed by atoms with E-state index in [2.05, 4.69) is 28.0 Å². The number of esters is 1. The van der Waals surface area contributed by atoms with Crippen molar-refractivity contribution < 1.29 is 28.6 Å². The summed E-state index contributed by atoms with van der Waals surface area (Å²) in [5.74, 6) is -0.964. The van der Waals surface area contributed by atoms with Crippen LogP contribution in [0.3, 0.4) is 0 Å². The Hall–Kier alpha value is -4.50. The van der Waals surface area contributed by atoms with Crippen molar-refractivity contribution in [2.75, 3.05) is 27.3 Å². The highest BCUT2D eigenvalue weighted by molar-refractivity contribution is 6.19. The number of pyridine rings is 1. The molecule has 0 bridgehead atoms. The molecule has 43 heavy (non-hydrogen) atoms. The molecule has 1 aliphatic carbocycles. The number of ketones is 2. The van der Waals surface area contributed by atoms with E-state index >= 15 is 0 Å². The van der Waals surface area contributed by atoms with E-state index in [0.29, 0.717) is 71.3 Å². The van der Waals surface area contributed by atoms with E-state index in [1.165, 1.54) is 13.3 Å². The van der Waals surface area contributed by atoms with Gasteiger partial charge in [0.25, 0.3) is 0 Å². The summed E-state index contributed by atoms with van der Waals surface area (Å²) in [4.78, 5) is 45.3. The largest absolute Gasteiger partial charge is 0.496 e. The standard InChI is InChI=1S/C34H33N3O6/c1-19-18-37(24-5-6-24)26-14-21(15-28(41-2)29(19)26)31(38)30-32(39)25-13-20(22-12-23(17-36-16-22)33(40)42-3)4-7-27(25)43-34(30)8-10-35-11-9-34/h4,7,12-18,24,30,35H,5-6,8-11H2,1-3H3/t30-/m1/s1. The molecule has 1 atom stereocenters. The summed E-state index contributed by atoms with van der Waals surface area (Å²) in [5, 5.41) is 4.34. The summed E-state index contributed by atoms with van der Waals surface area (Å²) < 4.78 is 19.5. The van der Waals surface area contributed by atoms with Gasteiger partial charge < -0.3 is 24.1 Å². The predicted octanol–water partition coefficient (Wildman–Crippen LogP) is 5.34. The lowest BCUT2D eigenvalue weighted by atomic mass is 9.70. The third-order valence-corrected chi connectivity index (χ3v) is 9.08. The van der Waals surface area contributed by atoms with Gasteiger partial charge in [-0.1, -0.05) is 6.07 Å². The normalized spacial score (nSPS) is 19.1. The smallest absolute Gasteiger partial charge is 0.339 e. The van der Waals surface area contributed by atoms with Crippen LogP contribution in [0.4, 0.5) is 0 Å². The first-order valence-corrected chi connectivity index (χ1v) is 14.7. The number of hydrogen-bond acceptors (Lipinski definition) is 8. The average Bonchev–Trinajstić information content (AvgIpc) is 3.83. The molecule has 2 aromatic heterocycles. The summed E-state index contributed by atoms with van der Waals surface area (Å²) in [6.07, 6.45) is 8.44. The molecule has 9 nitrogen and oxygen atoms in total. The number of hydrogen-bond donors (Lipinski definition) is 1. The molecule has 2 aromatic carbocycles. The van der Waals surface area contributed by atoms with E-state index in [4.69, 9.17) is 14.2 Å². The minimum Gasteiger partial charge on any atom is -0.496 e. The Kier molecular flexibility index (Phi) is 6.58. The first kappa shape index (κ1) is 27.3. The number of benzene rings is 2. The average molecular weight is 580 g/mol. The van der Waals surface area contributed by atoms with Gasteiger partial charge in [-0.15, -0.1) is 0 Å². The number of piperidine rings is 1. The van der Waals surface area contributed by atoms with Crippen LogP contribution in [0.15, 0.2) is 55.0 Å². The van der Waals surface area contributed by atoms with E-state index in [0.717, 1.165) is 29.3 Å². The summed E-state index contributed by atoms with van der Waals surface area (Å²) in [6, 6.07) is 11.1. The lowest BCUT2D eigenvalue weighted by Gasteiger charge is -2.45. The van der Waals surface area contributed by atoms with Crippen molar-refractivity contribution in [3.8, 4) is 22.6 Å². The highest BCUT2D eigenvalue weighted by Gasteiger charge is 2.54. The molecule has 1 saturated carbocycles. The van der Waals surface area contributed by atoms with Crippen molar-refractivity contribution in [2.45, 2.75) is 44.2 Å². The molecular weight excluding hydrogens is 546 g/mol. The van der Waals surface area contributed by atoms with Gasteiger partial charge in [-0.3, -0.25) is 14.6 Å². The number of methoxy groups -OCH3 is 2. The van der Waals surface area contributed by atoms with Crippen molar-refractivity contribution in [3.05, 3.63) is 77.2 Å². The third kappa shape index (κ3) is 4.50. The number of ether oxygens (including phenoxy) is 3. The zero-order valence-electron chi connectivity index (χ0n) is 24.4. The van der Waals surface area contributed by atoms with Crippen molar-refractivity contribution in [1.29, 1.82) is 0 Å². The van der Waals surface area contributed by atoms with Gasteiger partial charge in [-0.05, 0) is 74.3 Å². The second kappa shape index (κ2) is 10.3. The summed E-state index contributed by atoms with van der Waals surface area (Å²) in [6.45, 7) is 3.34. The Bertz CT molecular complexity index is 1800. The molecule has 1 spiro atoms. The minimum absolute atomic E-state index is 0.264. The van der Waals surface area contributed by atoms with Gasteiger partial charge in [0.2, 0.25) is 0 Å². The molecule has 9 heteroatoms. The Morgan fingerprint density at radius 3 is 2.53 bits per heavy atom. The lowest BCUT2D eigenvalue weighted by Crippen LogP contribution is -2.58. The maximum absolute atomic E-state index is 14.6. The lowest BCUT2D eigenvalue weighted by molar-refractivity contribution is -0.0138. The number of aryl methyl sites for hydroxylation is 1. The van der Waals surface area contributed by atoms with Gasteiger partial charge in [0.15, 0.2) is 11.6 Å². The summed E-state index contributed by atoms with van der Waals surface area (Å²) in [7, 11) is 2.93. The summed E-state index contributed by atoms with van der Waals surface area (Å²) in [5.41, 5.74) is 3.50. The number of carbonyl (C=O) groups is 3. The highest BCUT2D eigenvalue weighted by Crippen LogP contribution is 2.46. The molecule has 1 saturated heterocycles. The number of nitrogens with zero attached hydrogens (tertiary/aromatic N) is 2. The molecular formula is C34H33N3O6.